The number of Topliss-reactive ketones (excluding diaryl/α,β-unsaturated/α-hetero) is 1. The van der Waals surface area contributed by atoms with Gasteiger partial charge in [0.2, 0.25) is 5.90 Å². The van der Waals surface area contributed by atoms with Crippen molar-refractivity contribution in [1.82, 2.24) is 9.88 Å². The molecule has 7 heteroatoms. The first-order valence-electron chi connectivity index (χ1n) is 11.6. The van der Waals surface area contributed by atoms with Crippen molar-refractivity contribution in [3.05, 3.63) is 65.0 Å². The molecule has 1 fully saturated rings. The number of nitrogens with zero attached hydrogens (tertiary/aromatic N) is 3. The van der Waals surface area contributed by atoms with Gasteiger partial charge in [0.05, 0.1) is 12.1 Å². The summed E-state index contributed by atoms with van der Waals surface area (Å²) in [5.74, 6) is 1.60. The molecule has 1 aromatic heterocycles. The minimum absolute atomic E-state index is 0.174. The third kappa shape index (κ3) is 6.02. The van der Waals surface area contributed by atoms with Gasteiger partial charge in [-0.05, 0) is 29.0 Å². The van der Waals surface area contributed by atoms with Crippen molar-refractivity contribution < 1.29 is 18.3 Å². The SMILES string of the molecule is CC(C)CN1C[C@H](CC(=O)Cc2cc3c(cn2)C(OCC(F)F)=NC3)[C@@H](c2ccccc2)C1. The maximum Gasteiger partial charge on any atom is 0.272 e. The zero-order chi connectivity index (χ0) is 23.4. The van der Waals surface area contributed by atoms with Gasteiger partial charge in [0.15, 0.2) is 6.61 Å². The number of aromatic nitrogens is 1. The van der Waals surface area contributed by atoms with Gasteiger partial charge >= 0.3 is 0 Å². The van der Waals surface area contributed by atoms with E-state index in [4.69, 9.17) is 4.74 Å². The van der Waals surface area contributed by atoms with E-state index in [0.29, 0.717) is 36.1 Å². The summed E-state index contributed by atoms with van der Waals surface area (Å²) in [6, 6.07) is 12.3. The number of pyridine rings is 1. The number of aliphatic imine (C=N–C) groups is 1. The predicted molar refractivity (Wildman–Crippen MR) is 124 cm³/mol. The lowest BCUT2D eigenvalue weighted by Gasteiger charge is -2.18. The second kappa shape index (κ2) is 10.5. The number of benzene rings is 1. The van der Waals surface area contributed by atoms with Crippen molar-refractivity contribution in [2.45, 2.75) is 45.6 Å². The van der Waals surface area contributed by atoms with Gasteiger partial charge in [-0.1, -0.05) is 44.2 Å². The van der Waals surface area contributed by atoms with E-state index in [2.05, 4.69) is 53.0 Å². The van der Waals surface area contributed by atoms with Crippen LogP contribution in [-0.2, 0) is 22.5 Å². The van der Waals surface area contributed by atoms with Gasteiger partial charge in [0.25, 0.3) is 6.43 Å². The highest BCUT2D eigenvalue weighted by molar-refractivity contribution is 5.97. The average molecular weight is 456 g/mol. The molecular weight excluding hydrogens is 424 g/mol. The van der Waals surface area contributed by atoms with E-state index in [1.54, 1.807) is 6.20 Å². The second-order valence-corrected chi connectivity index (χ2v) is 9.47. The van der Waals surface area contributed by atoms with Crippen LogP contribution < -0.4 is 0 Å². The summed E-state index contributed by atoms with van der Waals surface area (Å²) in [5.41, 5.74) is 3.49. The number of carbonyl (C=O) groups is 1. The van der Waals surface area contributed by atoms with E-state index in [0.717, 1.165) is 25.2 Å². The number of likely N-dealkylation sites (tertiary alicyclic amines) is 1. The Morgan fingerprint density at radius 3 is 2.73 bits per heavy atom. The fraction of sp³-hybridized carbons (Fsp3) is 0.500. The summed E-state index contributed by atoms with van der Waals surface area (Å²) >= 11 is 0. The largest absolute Gasteiger partial charge is 0.471 e. The van der Waals surface area contributed by atoms with E-state index in [-0.39, 0.29) is 24.0 Å². The molecule has 2 aliphatic rings. The molecule has 0 amide bonds. The zero-order valence-electron chi connectivity index (χ0n) is 19.2. The van der Waals surface area contributed by atoms with Crippen molar-refractivity contribution in [3.63, 3.8) is 0 Å². The number of carbonyl (C=O) groups excluding carboxylic acids is 1. The molecule has 1 aromatic carbocycles. The summed E-state index contributed by atoms with van der Waals surface area (Å²) in [6.45, 7) is 7.08. The Balaban J connectivity index is 1.39. The van der Waals surface area contributed by atoms with Crippen molar-refractivity contribution in [2.75, 3.05) is 26.2 Å². The van der Waals surface area contributed by atoms with Crippen molar-refractivity contribution in [2.24, 2.45) is 16.8 Å². The Bertz CT molecular complexity index is 994. The highest BCUT2D eigenvalue weighted by Crippen LogP contribution is 2.35. The molecule has 2 aromatic rings. The van der Waals surface area contributed by atoms with Crippen LogP contribution in [0.3, 0.4) is 0 Å². The molecule has 2 aliphatic heterocycles. The lowest BCUT2D eigenvalue weighted by Crippen LogP contribution is -2.25. The first kappa shape index (κ1) is 23.5. The summed E-state index contributed by atoms with van der Waals surface area (Å²) < 4.78 is 29.9. The molecule has 3 heterocycles. The fourth-order valence-corrected chi connectivity index (χ4v) is 4.95. The Morgan fingerprint density at radius 2 is 2.00 bits per heavy atom. The van der Waals surface area contributed by atoms with Crippen LogP contribution >= 0.6 is 0 Å². The topological polar surface area (TPSA) is 54.8 Å². The van der Waals surface area contributed by atoms with E-state index in [1.807, 2.05) is 12.1 Å². The van der Waals surface area contributed by atoms with Crippen molar-refractivity contribution in [3.8, 4) is 0 Å². The lowest BCUT2D eigenvalue weighted by molar-refractivity contribution is -0.119. The molecule has 176 valence electrons. The molecule has 1 saturated heterocycles. The van der Waals surface area contributed by atoms with Gasteiger partial charge in [0.1, 0.15) is 5.78 Å². The summed E-state index contributed by atoms with van der Waals surface area (Å²) in [5, 5.41) is 0. The molecule has 0 spiro atoms. The molecule has 0 unspecified atom stereocenters. The second-order valence-electron chi connectivity index (χ2n) is 9.47. The maximum atomic E-state index is 13.0. The molecule has 4 rings (SSSR count). The molecule has 5 nitrogen and oxygen atoms in total. The predicted octanol–water partition coefficient (Wildman–Crippen LogP) is 4.50. The number of ether oxygens (including phenoxy) is 1. The van der Waals surface area contributed by atoms with E-state index >= 15 is 0 Å². The summed E-state index contributed by atoms with van der Waals surface area (Å²) in [6.07, 6.45) is -0.176. The van der Waals surface area contributed by atoms with Crippen LogP contribution in [0.4, 0.5) is 8.78 Å². The quantitative estimate of drug-likeness (QED) is 0.559. The number of alkyl halides is 2. The summed E-state index contributed by atoms with van der Waals surface area (Å²) in [4.78, 5) is 24.1. The third-order valence-electron chi connectivity index (χ3n) is 6.25. The molecule has 0 N–H and O–H groups in total. The fourth-order valence-electron chi connectivity index (χ4n) is 4.95. The van der Waals surface area contributed by atoms with Gasteiger partial charge in [0, 0.05) is 50.3 Å². The lowest BCUT2D eigenvalue weighted by atomic mass is 9.85. The first-order chi connectivity index (χ1) is 15.9. The number of hydrogen-bond acceptors (Lipinski definition) is 5. The molecule has 0 radical (unpaired) electrons. The molecule has 0 bridgehead atoms. The normalized spacial score (nSPS) is 20.4. The van der Waals surface area contributed by atoms with Crippen molar-refractivity contribution in [1.29, 1.82) is 0 Å². The Labute approximate surface area is 193 Å². The monoisotopic (exact) mass is 455 g/mol. The van der Waals surface area contributed by atoms with Crippen LogP contribution in [0.5, 0.6) is 0 Å². The van der Waals surface area contributed by atoms with Crippen LogP contribution in [0.1, 0.15) is 48.6 Å². The molecular formula is C26H31F2N3O2. The molecule has 33 heavy (non-hydrogen) atoms. The average Bonchev–Trinajstić information content (AvgIpc) is 3.35. The minimum atomic E-state index is -2.55. The number of rotatable bonds is 9. The van der Waals surface area contributed by atoms with E-state index < -0.39 is 13.0 Å². The minimum Gasteiger partial charge on any atom is -0.471 e. The van der Waals surface area contributed by atoms with Crippen LogP contribution in [0.15, 0.2) is 47.6 Å². The van der Waals surface area contributed by atoms with Crippen LogP contribution in [0, 0.1) is 11.8 Å². The van der Waals surface area contributed by atoms with Crippen LogP contribution in [0.25, 0.3) is 0 Å². The maximum absolute atomic E-state index is 13.0. The van der Waals surface area contributed by atoms with Crippen LogP contribution in [0.2, 0.25) is 0 Å². The van der Waals surface area contributed by atoms with Crippen molar-refractivity contribution >= 4 is 11.7 Å². The van der Waals surface area contributed by atoms with Gasteiger partial charge in [-0.2, -0.15) is 0 Å². The highest BCUT2D eigenvalue weighted by atomic mass is 19.3. The summed E-state index contributed by atoms with van der Waals surface area (Å²) in [7, 11) is 0. The van der Waals surface area contributed by atoms with Gasteiger partial charge in [-0.25, -0.2) is 13.8 Å². The number of fused-ring (bicyclic) bond motifs is 1. The number of halogens is 2. The Hall–Kier alpha value is -2.67. The van der Waals surface area contributed by atoms with Crippen LogP contribution in [-0.4, -0.2) is 54.2 Å². The zero-order valence-corrected chi connectivity index (χ0v) is 19.2. The molecule has 0 saturated carbocycles. The standard InChI is InChI=1S/C26H31F2N3O2/c1-17(2)13-31-14-20(24(15-31)18-6-4-3-5-7-18)9-22(32)10-21-8-19-11-30-26(23(19)12-29-21)33-16-25(27)28/h3-8,12,17,20,24-25H,9-11,13-16H2,1-2H3/t20-,24+/m0/s1. The molecule has 2 atom stereocenters. The first-order valence-corrected chi connectivity index (χ1v) is 11.6. The smallest absolute Gasteiger partial charge is 0.272 e. The van der Waals surface area contributed by atoms with Gasteiger partial charge in [-0.3, -0.25) is 9.78 Å². The number of hydrogen-bond donors (Lipinski definition) is 0. The van der Waals surface area contributed by atoms with Gasteiger partial charge < -0.3 is 9.64 Å². The molecule has 0 aliphatic carbocycles. The van der Waals surface area contributed by atoms with E-state index in [9.17, 15) is 13.6 Å². The third-order valence-corrected chi connectivity index (χ3v) is 6.25. The van der Waals surface area contributed by atoms with Gasteiger partial charge in [-0.15, -0.1) is 0 Å². The number of ketones is 1. The Morgan fingerprint density at radius 1 is 1.21 bits per heavy atom. The Kier molecular flexibility index (Phi) is 7.48. The van der Waals surface area contributed by atoms with E-state index in [1.165, 1.54) is 5.56 Å². The highest BCUT2D eigenvalue weighted by Gasteiger charge is 2.35.